The van der Waals surface area contributed by atoms with Gasteiger partial charge in [0.05, 0.1) is 4.90 Å². The molecule has 152 valence electrons. The number of para-hydroxylation sites is 1. The van der Waals surface area contributed by atoms with E-state index in [4.69, 9.17) is 0 Å². The molecule has 0 bridgehead atoms. The molecule has 1 amide bonds. The highest BCUT2D eigenvalue weighted by Gasteiger charge is 2.32. The van der Waals surface area contributed by atoms with Crippen LogP contribution in [0, 0.1) is 5.92 Å². The number of carbonyl (C=O) groups is 1. The highest BCUT2D eigenvalue weighted by Crippen LogP contribution is 2.27. The summed E-state index contributed by atoms with van der Waals surface area (Å²) in [4.78, 5) is 16.1. The third-order valence-electron chi connectivity index (χ3n) is 5.64. The molecule has 7 heteroatoms. The fourth-order valence-corrected chi connectivity index (χ4v) is 5.39. The molecule has 1 aliphatic heterocycles. The van der Waals surface area contributed by atoms with Crippen LogP contribution in [0.1, 0.15) is 25.3 Å². The molecule has 2 aromatic carbocycles. The van der Waals surface area contributed by atoms with Crippen molar-refractivity contribution < 1.29 is 13.2 Å². The van der Waals surface area contributed by atoms with E-state index in [2.05, 4.69) is 17.2 Å². The Morgan fingerprint density at radius 2 is 1.90 bits per heavy atom. The van der Waals surface area contributed by atoms with Gasteiger partial charge in [-0.15, -0.1) is 0 Å². The first-order chi connectivity index (χ1) is 14.0. The second-order valence-electron chi connectivity index (χ2n) is 7.41. The van der Waals surface area contributed by atoms with Crippen molar-refractivity contribution in [2.24, 2.45) is 5.92 Å². The van der Waals surface area contributed by atoms with Gasteiger partial charge in [0, 0.05) is 41.8 Å². The van der Waals surface area contributed by atoms with Gasteiger partial charge in [-0.1, -0.05) is 25.1 Å². The van der Waals surface area contributed by atoms with Crippen LogP contribution < -0.4 is 5.32 Å². The van der Waals surface area contributed by atoms with Crippen molar-refractivity contribution in [1.82, 2.24) is 9.29 Å². The predicted octanol–water partition coefficient (Wildman–Crippen LogP) is 3.77. The number of amides is 1. The van der Waals surface area contributed by atoms with Crippen molar-refractivity contribution in [2.75, 3.05) is 18.4 Å². The molecule has 1 aliphatic rings. The molecular formula is C22H25N3O3S. The zero-order valence-corrected chi connectivity index (χ0v) is 17.2. The third kappa shape index (κ3) is 3.93. The van der Waals surface area contributed by atoms with Crippen LogP contribution in [0.25, 0.3) is 10.9 Å². The SMILES string of the molecule is CCc1ccccc1NC(=O)C1CCN(S(=O)(=O)c2ccc3[nH]ccc3c2)CC1. The van der Waals surface area contributed by atoms with E-state index in [9.17, 15) is 13.2 Å². The number of aromatic nitrogens is 1. The van der Waals surface area contributed by atoms with Crippen LogP contribution >= 0.6 is 0 Å². The molecule has 1 saturated heterocycles. The van der Waals surface area contributed by atoms with Crippen LogP contribution in [0.4, 0.5) is 5.69 Å². The molecule has 1 aromatic heterocycles. The van der Waals surface area contributed by atoms with Crippen molar-refractivity contribution in [3.05, 3.63) is 60.3 Å². The average Bonchev–Trinajstić information content (AvgIpc) is 3.22. The fourth-order valence-electron chi connectivity index (χ4n) is 3.88. The number of nitrogens with zero attached hydrogens (tertiary/aromatic N) is 1. The van der Waals surface area contributed by atoms with Gasteiger partial charge in [-0.2, -0.15) is 4.31 Å². The van der Waals surface area contributed by atoms with E-state index in [1.807, 2.05) is 30.3 Å². The Hall–Kier alpha value is -2.64. The van der Waals surface area contributed by atoms with Gasteiger partial charge >= 0.3 is 0 Å². The monoisotopic (exact) mass is 411 g/mol. The second kappa shape index (κ2) is 8.00. The van der Waals surface area contributed by atoms with Gasteiger partial charge in [0.25, 0.3) is 0 Å². The van der Waals surface area contributed by atoms with E-state index in [1.165, 1.54) is 4.31 Å². The summed E-state index contributed by atoms with van der Waals surface area (Å²) in [5, 5.41) is 3.89. The smallest absolute Gasteiger partial charge is 0.243 e. The first kappa shape index (κ1) is 19.7. The normalized spacial score (nSPS) is 16.2. The lowest BCUT2D eigenvalue weighted by molar-refractivity contribution is -0.120. The summed E-state index contributed by atoms with van der Waals surface area (Å²) in [6.45, 7) is 2.75. The molecule has 2 N–H and O–H groups in total. The van der Waals surface area contributed by atoms with Crippen molar-refractivity contribution in [1.29, 1.82) is 0 Å². The fraction of sp³-hybridized carbons (Fsp3) is 0.318. The number of hydrogen-bond donors (Lipinski definition) is 2. The van der Waals surface area contributed by atoms with Crippen LogP contribution in [0.15, 0.2) is 59.6 Å². The summed E-state index contributed by atoms with van der Waals surface area (Å²) in [7, 11) is -3.56. The van der Waals surface area contributed by atoms with Gasteiger partial charge in [-0.05, 0) is 55.2 Å². The summed E-state index contributed by atoms with van der Waals surface area (Å²) in [6.07, 6.45) is 3.68. The Morgan fingerprint density at radius 3 is 2.66 bits per heavy atom. The van der Waals surface area contributed by atoms with Crippen molar-refractivity contribution in [3.63, 3.8) is 0 Å². The van der Waals surface area contributed by atoms with Crippen molar-refractivity contribution in [3.8, 4) is 0 Å². The first-order valence-electron chi connectivity index (χ1n) is 9.95. The van der Waals surface area contributed by atoms with Gasteiger partial charge in [-0.25, -0.2) is 8.42 Å². The van der Waals surface area contributed by atoms with E-state index in [0.29, 0.717) is 30.8 Å². The largest absolute Gasteiger partial charge is 0.361 e. The highest BCUT2D eigenvalue weighted by molar-refractivity contribution is 7.89. The molecule has 3 aromatic rings. The summed E-state index contributed by atoms with van der Waals surface area (Å²) < 4.78 is 27.5. The maximum absolute atomic E-state index is 13.0. The van der Waals surface area contributed by atoms with E-state index in [1.54, 1.807) is 24.4 Å². The molecule has 0 atom stereocenters. The maximum Gasteiger partial charge on any atom is 0.243 e. The van der Waals surface area contributed by atoms with Gasteiger partial charge in [0.1, 0.15) is 0 Å². The molecular weight excluding hydrogens is 386 g/mol. The lowest BCUT2D eigenvalue weighted by Crippen LogP contribution is -2.41. The number of nitrogens with one attached hydrogen (secondary N) is 2. The molecule has 4 rings (SSSR count). The molecule has 0 spiro atoms. The number of aryl methyl sites for hydroxylation is 1. The third-order valence-corrected chi connectivity index (χ3v) is 7.54. The van der Waals surface area contributed by atoms with E-state index >= 15 is 0 Å². The number of piperidine rings is 1. The second-order valence-corrected chi connectivity index (χ2v) is 9.34. The standard InChI is InChI=1S/C22H25N3O3S/c1-2-16-5-3-4-6-21(16)24-22(26)17-10-13-25(14-11-17)29(27,28)19-7-8-20-18(15-19)9-12-23-20/h3-9,12,15,17,23H,2,10-11,13-14H2,1H3,(H,24,26). The van der Waals surface area contributed by atoms with Crippen LogP contribution in [-0.2, 0) is 21.2 Å². The van der Waals surface area contributed by atoms with E-state index < -0.39 is 10.0 Å². The van der Waals surface area contributed by atoms with Crippen molar-refractivity contribution >= 4 is 32.5 Å². The number of hydrogen-bond acceptors (Lipinski definition) is 3. The number of H-pyrrole nitrogens is 1. The summed E-state index contributed by atoms with van der Waals surface area (Å²) in [6, 6.07) is 14.8. The van der Waals surface area contributed by atoms with Crippen LogP contribution in [0.5, 0.6) is 0 Å². The van der Waals surface area contributed by atoms with Gasteiger partial charge in [0.15, 0.2) is 0 Å². The molecule has 0 unspecified atom stereocenters. The van der Waals surface area contributed by atoms with E-state index in [-0.39, 0.29) is 11.8 Å². The van der Waals surface area contributed by atoms with Gasteiger partial charge in [-0.3, -0.25) is 4.79 Å². The minimum Gasteiger partial charge on any atom is -0.361 e. The Labute approximate surface area is 171 Å². The Bertz CT molecular complexity index is 1130. The number of carbonyl (C=O) groups excluding carboxylic acids is 1. The first-order valence-corrected chi connectivity index (χ1v) is 11.4. The van der Waals surface area contributed by atoms with Crippen LogP contribution in [0.3, 0.4) is 0 Å². The zero-order valence-electron chi connectivity index (χ0n) is 16.4. The number of rotatable bonds is 5. The van der Waals surface area contributed by atoms with E-state index in [0.717, 1.165) is 28.6 Å². The predicted molar refractivity (Wildman–Crippen MR) is 114 cm³/mol. The average molecular weight is 412 g/mol. The number of benzene rings is 2. The molecule has 0 saturated carbocycles. The molecule has 1 fully saturated rings. The lowest BCUT2D eigenvalue weighted by atomic mass is 9.97. The highest BCUT2D eigenvalue weighted by atomic mass is 32.2. The van der Waals surface area contributed by atoms with Crippen LogP contribution in [0.2, 0.25) is 0 Å². The minimum absolute atomic E-state index is 0.0308. The topological polar surface area (TPSA) is 82.3 Å². The summed E-state index contributed by atoms with van der Waals surface area (Å²) in [5.74, 6) is -0.213. The molecule has 0 aliphatic carbocycles. The number of aromatic amines is 1. The quantitative estimate of drug-likeness (QED) is 0.670. The summed E-state index contributed by atoms with van der Waals surface area (Å²) >= 11 is 0. The summed E-state index contributed by atoms with van der Waals surface area (Å²) in [5.41, 5.74) is 2.85. The Kier molecular flexibility index (Phi) is 5.43. The van der Waals surface area contributed by atoms with Gasteiger partial charge in [0.2, 0.25) is 15.9 Å². The molecule has 29 heavy (non-hydrogen) atoms. The number of sulfonamides is 1. The minimum atomic E-state index is -3.56. The maximum atomic E-state index is 13.0. The zero-order chi connectivity index (χ0) is 20.4. The Balaban J connectivity index is 1.42. The van der Waals surface area contributed by atoms with Gasteiger partial charge < -0.3 is 10.3 Å². The molecule has 2 heterocycles. The Morgan fingerprint density at radius 1 is 1.14 bits per heavy atom. The number of anilines is 1. The number of fused-ring (bicyclic) bond motifs is 1. The van der Waals surface area contributed by atoms with Crippen molar-refractivity contribution in [2.45, 2.75) is 31.1 Å². The lowest BCUT2D eigenvalue weighted by Gasteiger charge is -2.30. The molecule has 0 radical (unpaired) electrons. The molecule has 6 nitrogen and oxygen atoms in total. The van der Waals surface area contributed by atoms with Crippen LogP contribution in [-0.4, -0.2) is 36.7 Å².